The molecule has 1 nitrogen and oxygen atoms in total. The van der Waals surface area contributed by atoms with Crippen molar-refractivity contribution in [3.05, 3.63) is 0 Å². The summed E-state index contributed by atoms with van der Waals surface area (Å²) in [4.78, 5) is 0. The van der Waals surface area contributed by atoms with E-state index in [1.165, 1.54) is 25.8 Å². The summed E-state index contributed by atoms with van der Waals surface area (Å²) in [5.41, 5.74) is 0. The van der Waals surface area contributed by atoms with Crippen LogP contribution >= 0.6 is 0 Å². The second-order valence-electron chi connectivity index (χ2n) is 3.84. The molecule has 2 heterocycles. The molecular formula is C8H13N. The highest BCUT2D eigenvalue weighted by molar-refractivity contribution is 5.10. The predicted octanol–water partition coefficient (Wildman–Crippen LogP) is 1.00. The van der Waals surface area contributed by atoms with Crippen LogP contribution in [-0.2, 0) is 0 Å². The Hall–Kier alpha value is -0.0400. The van der Waals surface area contributed by atoms with Crippen molar-refractivity contribution >= 4 is 0 Å². The van der Waals surface area contributed by atoms with Gasteiger partial charge in [-0.2, -0.15) is 0 Å². The van der Waals surface area contributed by atoms with Gasteiger partial charge >= 0.3 is 0 Å². The molecular weight excluding hydrogens is 110 g/mol. The third-order valence-electron chi connectivity index (χ3n) is 3.71. The van der Waals surface area contributed by atoms with E-state index in [1.807, 2.05) is 0 Å². The average molecular weight is 123 g/mol. The van der Waals surface area contributed by atoms with Crippen LogP contribution in [0.4, 0.5) is 0 Å². The molecule has 1 heteroatoms. The summed E-state index contributed by atoms with van der Waals surface area (Å²) >= 11 is 0. The first-order chi connectivity index (χ1) is 4.47. The van der Waals surface area contributed by atoms with E-state index >= 15 is 0 Å². The number of hydrogen-bond acceptors (Lipinski definition) is 1. The maximum Gasteiger partial charge on any atom is 0.0129 e. The summed E-state index contributed by atoms with van der Waals surface area (Å²) in [5.74, 6) is 3.39. The van der Waals surface area contributed by atoms with E-state index in [4.69, 9.17) is 0 Å². The molecule has 0 spiro atoms. The summed E-state index contributed by atoms with van der Waals surface area (Å²) in [7, 11) is 0. The van der Waals surface area contributed by atoms with Gasteiger partial charge in [-0.15, -0.1) is 0 Å². The fraction of sp³-hybridized carbons (Fsp3) is 1.00. The summed E-state index contributed by atoms with van der Waals surface area (Å²) in [6, 6.07) is 0.976. The summed E-state index contributed by atoms with van der Waals surface area (Å²) < 4.78 is 0. The third-order valence-corrected chi connectivity index (χ3v) is 3.71. The van der Waals surface area contributed by atoms with Crippen LogP contribution in [0.15, 0.2) is 0 Å². The molecule has 0 aromatic carbocycles. The van der Waals surface area contributed by atoms with E-state index in [2.05, 4.69) is 5.32 Å². The van der Waals surface area contributed by atoms with Gasteiger partial charge in [0.1, 0.15) is 0 Å². The zero-order chi connectivity index (χ0) is 5.84. The van der Waals surface area contributed by atoms with Crippen LogP contribution in [0.2, 0.25) is 0 Å². The molecule has 1 N–H and O–H groups in total. The molecule has 0 aromatic rings. The Morgan fingerprint density at radius 3 is 2.11 bits per heavy atom. The Balaban J connectivity index is 1.94. The first-order valence-corrected chi connectivity index (χ1v) is 4.20. The monoisotopic (exact) mass is 123 g/mol. The Morgan fingerprint density at radius 1 is 0.889 bits per heavy atom. The van der Waals surface area contributed by atoms with Gasteiger partial charge in [0.15, 0.2) is 0 Å². The summed E-state index contributed by atoms with van der Waals surface area (Å²) in [6.07, 6.45) is 4.55. The van der Waals surface area contributed by atoms with Crippen molar-refractivity contribution in [2.45, 2.75) is 25.3 Å². The fourth-order valence-corrected chi connectivity index (χ4v) is 3.34. The molecule has 9 heavy (non-hydrogen) atoms. The zero-order valence-electron chi connectivity index (χ0n) is 5.64. The van der Waals surface area contributed by atoms with Gasteiger partial charge in [0, 0.05) is 6.04 Å². The van der Waals surface area contributed by atoms with Gasteiger partial charge in [0.25, 0.3) is 0 Å². The van der Waals surface area contributed by atoms with Crippen LogP contribution in [0, 0.1) is 17.8 Å². The topological polar surface area (TPSA) is 12.0 Å². The number of hydrogen-bond donors (Lipinski definition) is 1. The first kappa shape index (κ1) is 4.73. The van der Waals surface area contributed by atoms with Gasteiger partial charge in [-0.25, -0.2) is 0 Å². The number of fused-ring (bicyclic) bond motifs is 3. The molecule has 5 rings (SSSR count). The van der Waals surface area contributed by atoms with E-state index in [1.54, 1.807) is 0 Å². The summed E-state index contributed by atoms with van der Waals surface area (Å²) in [5, 5.41) is 3.61. The van der Waals surface area contributed by atoms with Crippen molar-refractivity contribution in [3.63, 3.8) is 0 Å². The van der Waals surface area contributed by atoms with Crippen LogP contribution in [-0.4, -0.2) is 12.6 Å². The van der Waals surface area contributed by atoms with E-state index in [-0.39, 0.29) is 0 Å². The molecule has 50 valence electrons. The molecule has 0 aromatic heterocycles. The van der Waals surface area contributed by atoms with Crippen molar-refractivity contribution in [2.24, 2.45) is 17.8 Å². The molecule has 5 aliphatic rings. The molecule has 0 amide bonds. The van der Waals surface area contributed by atoms with E-state index in [0.717, 1.165) is 23.8 Å². The standard InChI is InChI=1S/C8H13N/c1-2-7-5-3-4-9-8(7)6(1)5/h5-9H,1-4H2. The molecule has 3 aliphatic carbocycles. The molecule has 0 radical (unpaired) electrons. The number of piperidine rings is 2. The normalized spacial score (nSPS) is 61.3. The van der Waals surface area contributed by atoms with Crippen molar-refractivity contribution in [2.75, 3.05) is 6.54 Å². The van der Waals surface area contributed by atoms with Crippen molar-refractivity contribution < 1.29 is 0 Å². The highest BCUT2D eigenvalue weighted by atomic mass is 15.0. The number of rotatable bonds is 0. The van der Waals surface area contributed by atoms with Crippen LogP contribution in [0.5, 0.6) is 0 Å². The fourth-order valence-electron chi connectivity index (χ4n) is 3.34. The highest BCUT2D eigenvalue weighted by Crippen LogP contribution is 2.56. The average Bonchev–Trinajstić information content (AvgIpc) is 2.48. The molecule has 2 aliphatic heterocycles. The molecule has 3 saturated carbocycles. The Morgan fingerprint density at radius 2 is 1.67 bits per heavy atom. The minimum atomic E-state index is 0.976. The molecule has 2 unspecified atom stereocenters. The van der Waals surface area contributed by atoms with E-state index < -0.39 is 0 Å². The predicted molar refractivity (Wildman–Crippen MR) is 36.1 cm³/mol. The van der Waals surface area contributed by atoms with Gasteiger partial charge in [0.2, 0.25) is 0 Å². The number of nitrogens with one attached hydrogen (secondary N) is 1. The lowest BCUT2D eigenvalue weighted by Crippen LogP contribution is -2.58. The summed E-state index contributed by atoms with van der Waals surface area (Å²) in [6.45, 7) is 1.31. The van der Waals surface area contributed by atoms with Crippen LogP contribution in [0.1, 0.15) is 19.3 Å². The lowest BCUT2D eigenvalue weighted by atomic mass is 9.64. The van der Waals surface area contributed by atoms with Gasteiger partial charge in [-0.05, 0) is 43.6 Å². The Bertz CT molecular complexity index is 116. The van der Waals surface area contributed by atoms with Gasteiger partial charge < -0.3 is 5.32 Å². The van der Waals surface area contributed by atoms with Crippen LogP contribution in [0.25, 0.3) is 0 Å². The minimum absolute atomic E-state index is 0.976. The molecule has 4 bridgehead atoms. The maximum absolute atomic E-state index is 3.61. The lowest BCUT2D eigenvalue weighted by molar-refractivity contribution is 0.0376. The second-order valence-corrected chi connectivity index (χ2v) is 3.84. The van der Waals surface area contributed by atoms with Gasteiger partial charge in [-0.3, -0.25) is 0 Å². The molecule has 5 fully saturated rings. The molecule has 2 saturated heterocycles. The van der Waals surface area contributed by atoms with Crippen molar-refractivity contribution in [1.29, 1.82) is 0 Å². The van der Waals surface area contributed by atoms with Crippen molar-refractivity contribution in [3.8, 4) is 0 Å². The Labute approximate surface area is 55.8 Å². The smallest absolute Gasteiger partial charge is 0.0129 e. The Kier molecular flexibility index (Phi) is 0.704. The first-order valence-electron chi connectivity index (χ1n) is 4.20. The van der Waals surface area contributed by atoms with Gasteiger partial charge in [0.05, 0.1) is 0 Å². The largest absolute Gasteiger partial charge is 0.313 e. The van der Waals surface area contributed by atoms with Crippen LogP contribution < -0.4 is 5.32 Å². The van der Waals surface area contributed by atoms with E-state index in [0.29, 0.717) is 0 Å². The lowest BCUT2D eigenvalue weighted by Gasteiger charge is -2.50. The third kappa shape index (κ3) is 0.389. The van der Waals surface area contributed by atoms with E-state index in [9.17, 15) is 0 Å². The van der Waals surface area contributed by atoms with Crippen LogP contribution in [0.3, 0.4) is 0 Å². The minimum Gasteiger partial charge on any atom is -0.313 e. The maximum atomic E-state index is 3.61. The quantitative estimate of drug-likeness (QED) is 0.507. The zero-order valence-corrected chi connectivity index (χ0v) is 5.64. The highest BCUT2D eigenvalue weighted by Gasteiger charge is 2.56. The second kappa shape index (κ2) is 1.34. The molecule has 2 atom stereocenters. The van der Waals surface area contributed by atoms with Gasteiger partial charge in [-0.1, -0.05) is 0 Å². The van der Waals surface area contributed by atoms with Crippen molar-refractivity contribution in [1.82, 2.24) is 5.32 Å². The SMILES string of the molecule is C1CC2C3CCC2C3N1.